The summed E-state index contributed by atoms with van der Waals surface area (Å²) >= 11 is 3.40. The lowest BCUT2D eigenvalue weighted by Crippen LogP contribution is -2.48. The molecule has 0 N–H and O–H groups in total. The van der Waals surface area contributed by atoms with Gasteiger partial charge in [0.25, 0.3) is 5.91 Å². The number of carbonyl (C=O) groups excluding carboxylic acids is 1. The molecule has 5 nitrogen and oxygen atoms in total. The number of benzene rings is 1. The van der Waals surface area contributed by atoms with Gasteiger partial charge in [-0.3, -0.25) is 4.79 Å². The van der Waals surface area contributed by atoms with E-state index < -0.39 is 0 Å². The third kappa shape index (κ3) is 3.49. The van der Waals surface area contributed by atoms with Crippen LogP contribution >= 0.6 is 15.9 Å². The second-order valence-electron chi connectivity index (χ2n) is 4.91. The van der Waals surface area contributed by atoms with Crippen molar-refractivity contribution in [1.29, 1.82) is 0 Å². The molecule has 0 atom stereocenters. The van der Waals surface area contributed by atoms with Crippen molar-refractivity contribution in [3.63, 3.8) is 0 Å². The van der Waals surface area contributed by atoms with Crippen LogP contribution in [-0.2, 0) is 0 Å². The van der Waals surface area contributed by atoms with Gasteiger partial charge < -0.3 is 19.3 Å². The molecule has 0 spiro atoms. The van der Waals surface area contributed by atoms with Gasteiger partial charge in [-0.15, -0.1) is 0 Å². The zero-order valence-corrected chi connectivity index (χ0v) is 14.3. The molecule has 0 radical (unpaired) electrons. The molecule has 1 aromatic rings. The number of rotatable bonds is 4. The highest BCUT2D eigenvalue weighted by molar-refractivity contribution is 9.10. The second kappa shape index (κ2) is 7.13. The SMILES string of the molecule is CCN1CCN(C(=O)c2c(OC)cc(Br)cc2OC)CC1. The number of carbonyl (C=O) groups is 1. The van der Waals surface area contributed by atoms with E-state index in [1.165, 1.54) is 0 Å². The first-order valence-electron chi connectivity index (χ1n) is 7.03. The zero-order valence-electron chi connectivity index (χ0n) is 12.7. The topological polar surface area (TPSA) is 42.0 Å². The Labute approximate surface area is 133 Å². The first-order valence-corrected chi connectivity index (χ1v) is 7.83. The van der Waals surface area contributed by atoms with E-state index in [0.29, 0.717) is 17.1 Å². The lowest BCUT2D eigenvalue weighted by atomic mass is 10.1. The van der Waals surface area contributed by atoms with Crippen LogP contribution in [0.2, 0.25) is 0 Å². The summed E-state index contributed by atoms with van der Waals surface area (Å²) in [7, 11) is 3.13. The van der Waals surface area contributed by atoms with Crippen LogP contribution in [0.25, 0.3) is 0 Å². The summed E-state index contributed by atoms with van der Waals surface area (Å²) in [6.07, 6.45) is 0. The molecule has 1 saturated heterocycles. The maximum absolute atomic E-state index is 12.8. The fourth-order valence-corrected chi connectivity index (χ4v) is 2.93. The van der Waals surface area contributed by atoms with Crippen LogP contribution in [-0.4, -0.2) is 62.7 Å². The van der Waals surface area contributed by atoms with Crippen molar-refractivity contribution >= 4 is 21.8 Å². The Kier molecular flexibility index (Phi) is 5.47. The van der Waals surface area contributed by atoms with Crippen molar-refractivity contribution in [3.05, 3.63) is 22.2 Å². The first-order chi connectivity index (χ1) is 10.1. The van der Waals surface area contributed by atoms with E-state index in [0.717, 1.165) is 37.2 Å². The molecule has 1 fully saturated rings. The first kappa shape index (κ1) is 16.1. The largest absolute Gasteiger partial charge is 0.496 e. The molecule has 116 valence electrons. The van der Waals surface area contributed by atoms with E-state index in [1.54, 1.807) is 26.4 Å². The van der Waals surface area contributed by atoms with Gasteiger partial charge in [-0.2, -0.15) is 0 Å². The van der Waals surface area contributed by atoms with Gasteiger partial charge in [0.05, 0.1) is 14.2 Å². The van der Waals surface area contributed by atoms with Crippen LogP contribution < -0.4 is 9.47 Å². The number of hydrogen-bond acceptors (Lipinski definition) is 4. The van der Waals surface area contributed by atoms with Crippen molar-refractivity contribution in [2.45, 2.75) is 6.92 Å². The molecule has 1 heterocycles. The van der Waals surface area contributed by atoms with E-state index in [1.807, 2.05) is 4.90 Å². The van der Waals surface area contributed by atoms with E-state index in [2.05, 4.69) is 27.8 Å². The fraction of sp³-hybridized carbons (Fsp3) is 0.533. The molecular formula is C15H21BrN2O3. The summed E-state index contributed by atoms with van der Waals surface area (Å²) in [6.45, 7) is 6.43. The minimum absolute atomic E-state index is 0.0352. The molecule has 1 aromatic carbocycles. The standard InChI is InChI=1S/C15H21BrN2O3/c1-4-17-5-7-18(8-6-17)15(19)14-12(20-2)9-11(16)10-13(14)21-3/h9-10H,4-8H2,1-3H3. The highest BCUT2D eigenvalue weighted by Gasteiger charge is 2.27. The summed E-state index contributed by atoms with van der Waals surface area (Å²) < 4.78 is 11.5. The summed E-state index contributed by atoms with van der Waals surface area (Å²) in [5.74, 6) is 1.03. The number of nitrogens with zero attached hydrogens (tertiary/aromatic N) is 2. The smallest absolute Gasteiger partial charge is 0.261 e. The van der Waals surface area contributed by atoms with Crippen molar-refractivity contribution < 1.29 is 14.3 Å². The number of ether oxygens (including phenoxy) is 2. The average molecular weight is 357 g/mol. The molecule has 21 heavy (non-hydrogen) atoms. The van der Waals surface area contributed by atoms with Crippen LogP contribution in [0.5, 0.6) is 11.5 Å². The quantitative estimate of drug-likeness (QED) is 0.829. The fourth-order valence-electron chi connectivity index (χ4n) is 2.52. The molecule has 1 aliphatic heterocycles. The number of methoxy groups -OCH3 is 2. The number of piperazine rings is 1. The summed E-state index contributed by atoms with van der Waals surface area (Å²) in [6, 6.07) is 3.58. The third-order valence-electron chi connectivity index (χ3n) is 3.79. The maximum Gasteiger partial charge on any atom is 0.261 e. The predicted octanol–water partition coefficient (Wildman–Crippen LogP) is 2.24. The summed E-state index contributed by atoms with van der Waals surface area (Å²) in [5.41, 5.74) is 0.494. The molecule has 1 amide bonds. The molecule has 2 rings (SSSR count). The third-order valence-corrected chi connectivity index (χ3v) is 4.25. The predicted molar refractivity (Wildman–Crippen MR) is 85.3 cm³/mol. The Balaban J connectivity index is 2.26. The normalized spacial score (nSPS) is 15.9. The lowest BCUT2D eigenvalue weighted by molar-refractivity contribution is 0.0636. The zero-order chi connectivity index (χ0) is 15.4. The Hall–Kier alpha value is -1.27. The Bertz CT molecular complexity index is 489. The number of amides is 1. The Morgan fingerprint density at radius 2 is 1.67 bits per heavy atom. The van der Waals surface area contributed by atoms with Crippen LogP contribution in [0.4, 0.5) is 0 Å². The summed E-state index contributed by atoms with van der Waals surface area (Å²) in [5, 5.41) is 0. The van der Waals surface area contributed by atoms with Gasteiger partial charge in [0.15, 0.2) is 0 Å². The van der Waals surface area contributed by atoms with Gasteiger partial charge in [0.2, 0.25) is 0 Å². The van der Waals surface area contributed by atoms with Crippen molar-refractivity contribution in [2.75, 3.05) is 46.9 Å². The minimum atomic E-state index is -0.0352. The molecule has 0 bridgehead atoms. The molecule has 6 heteroatoms. The van der Waals surface area contributed by atoms with Gasteiger partial charge in [-0.05, 0) is 18.7 Å². The average Bonchev–Trinajstić information content (AvgIpc) is 2.53. The lowest BCUT2D eigenvalue weighted by Gasteiger charge is -2.34. The molecule has 1 aliphatic rings. The van der Waals surface area contributed by atoms with E-state index in [4.69, 9.17) is 9.47 Å². The molecular weight excluding hydrogens is 336 g/mol. The minimum Gasteiger partial charge on any atom is -0.496 e. The van der Waals surface area contributed by atoms with Gasteiger partial charge in [-0.25, -0.2) is 0 Å². The highest BCUT2D eigenvalue weighted by atomic mass is 79.9. The van der Waals surface area contributed by atoms with Crippen LogP contribution in [0.15, 0.2) is 16.6 Å². The van der Waals surface area contributed by atoms with Crippen LogP contribution in [0.3, 0.4) is 0 Å². The van der Waals surface area contributed by atoms with Gasteiger partial charge in [0.1, 0.15) is 17.1 Å². The van der Waals surface area contributed by atoms with Gasteiger partial charge in [-0.1, -0.05) is 22.9 Å². The number of likely N-dealkylation sites (N-methyl/N-ethyl adjacent to an activating group) is 1. The van der Waals surface area contributed by atoms with Crippen LogP contribution in [0, 0.1) is 0 Å². The Morgan fingerprint density at radius 1 is 1.14 bits per heavy atom. The maximum atomic E-state index is 12.8. The van der Waals surface area contributed by atoms with Gasteiger partial charge in [0, 0.05) is 30.7 Å². The van der Waals surface area contributed by atoms with Gasteiger partial charge >= 0.3 is 0 Å². The molecule has 0 aliphatic carbocycles. The number of halogens is 1. The van der Waals surface area contributed by atoms with E-state index >= 15 is 0 Å². The van der Waals surface area contributed by atoms with Crippen molar-refractivity contribution in [2.24, 2.45) is 0 Å². The molecule has 0 unspecified atom stereocenters. The second-order valence-corrected chi connectivity index (χ2v) is 5.83. The van der Waals surface area contributed by atoms with Crippen LogP contribution in [0.1, 0.15) is 17.3 Å². The summed E-state index contributed by atoms with van der Waals surface area (Å²) in [4.78, 5) is 17.0. The molecule has 0 aromatic heterocycles. The van der Waals surface area contributed by atoms with E-state index in [-0.39, 0.29) is 5.91 Å². The molecule has 0 saturated carbocycles. The van der Waals surface area contributed by atoms with Crippen molar-refractivity contribution in [3.8, 4) is 11.5 Å². The van der Waals surface area contributed by atoms with Crippen molar-refractivity contribution in [1.82, 2.24) is 9.80 Å². The van der Waals surface area contributed by atoms with E-state index in [9.17, 15) is 4.79 Å². The highest BCUT2D eigenvalue weighted by Crippen LogP contribution is 2.34. The monoisotopic (exact) mass is 356 g/mol. The number of hydrogen-bond donors (Lipinski definition) is 0. The Morgan fingerprint density at radius 3 is 2.10 bits per heavy atom.